The van der Waals surface area contributed by atoms with Crippen molar-refractivity contribution in [1.29, 1.82) is 0 Å². The van der Waals surface area contributed by atoms with E-state index in [1.807, 2.05) is 0 Å². The third-order valence-corrected chi connectivity index (χ3v) is 5.11. The summed E-state index contributed by atoms with van der Waals surface area (Å²) in [6, 6.07) is 0.472. The van der Waals surface area contributed by atoms with Crippen LogP contribution in [0.5, 0.6) is 0 Å². The zero-order valence-corrected chi connectivity index (χ0v) is 16.6. The SMILES string of the molecule is CCCCCCCCCCCCCC(N)CCCCCCCC. The monoisotopic (exact) mass is 325 g/mol. The maximum Gasteiger partial charge on any atom is 0.00388 e. The van der Waals surface area contributed by atoms with Gasteiger partial charge in [0.05, 0.1) is 0 Å². The van der Waals surface area contributed by atoms with Crippen LogP contribution in [0.15, 0.2) is 0 Å². The summed E-state index contributed by atoms with van der Waals surface area (Å²) < 4.78 is 0. The van der Waals surface area contributed by atoms with Gasteiger partial charge in [0.25, 0.3) is 0 Å². The van der Waals surface area contributed by atoms with E-state index >= 15 is 0 Å². The lowest BCUT2D eigenvalue weighted by Crippen LogP contribution is -2.19. The summed E-state index contributed by atoms with van der Waals surface area (Å²) in [5, 5.41) is 0. The van der Waals surface area contributed by atoms with Crippen molar-refractivity contribution < 1.29 is 0 Å². The van der Waals surface area contributed by atoms with E-state index in [2.05, 4.69) is 13.8 Å². The summed E-state index contributed by atoms with van der Waals surface area (Å²) in [6.07, 6.45) is 26.6. The summed E-state index contributed by atoms with van der Waals surface area (Å²) in [4.78, 5) is 0. The van der Waals surface area contributed by atoms with E-state index < -0.39 is 0 Å². The Morgan fingerprint density at radius 3 is 1.00 bits per heavy atom. The molecule has 1 unspecified atom stereocenters. The average Bonchev–Trinajstić information content (AvgIpc) is 2.56. The molecular formula is C22H47N. The van der Waals surface area contributed by atoms with Crippen molar-refractivity contribution in [1.82, 2.24) is 0 Å². The van der Waals surface area contributed by atoms with Gasteiger partial charge in [0.2, 0.25) is 0 Å². The van der Waals surface area contributed by atoms with Gasteiger partial charge in [-0.1, -0.05) is 123 Å². The highest BCUT2D eigenvalue weighted by atomic mass is 14.6. The third-order valence-electron chi connectivity index (χ3n) is 5.11. The first-order valence-electron chi connectivity index (χ1n) is 11.1. The Labute approximate surface area is 148 Å². The van der Waals surface area contributed by atoms with Gasteiger partial charge < -0.3 is 5.73 Å². The first kappa shape index (κ1) is 23.0. The standard InChI is InChI=1S/C22H47N/c1-3-5-7-9-11-12-13-14-15-17-19-21-22(23)20-18-16-10-8-6-4-2/h22H,3-21,23H2,1-2H3. The molecule has 140 valence electrons. The molecule has 0 saturated heterocycles. The highest BCUT2D eigenvalue weighted by molar-refractivity contribution is 4.62. The van der Waals surface area contributed by atoms with Crippen molar-refractivity contribution in [3.05, 3.63) is 0 Å². The van der Waals surface area contributed by atoms with Crippen LogP contribution in [-0.2, 0) is 0 Å². The molecule has 0 heterocycles. The predicted molar refractivity (Wildman–Crippen MR) is 107 cm³/mol. The maximum atomic E-state index is 6.23. The van der Waals surface area contributed by atoms with Crippen LogP contribution in [0.1, 0.15) is 136 Å². The lowest BCUT2D eigenvalue weighted by Gasteiger charge is -2.11. The van der Waals surface area contributed by atoms with Gasteiger partial charge in [-0.15, -0.1) is 0 Å². The van der Waals surface area contributed by atoms with E-state index in [0.717, 1.165) is 0 Å². The molecule has 0 aliphatic carbocycles. The van der Waals surface area contributed by atoms with E-state index in [-0.39, 0.29) is 0 Å². The number of hydrogen-bond acceptors (Lipinski definition) is 1. The average molecular weight is 326 g/mol. The molecule has 0 aromatic rings. The van der Waals surface area contributed by atoms with E-state index in [1.165, 1.54) is 122 Å². The largest absolute Gasteiger partial charge is 0.328 e. The second-order valence-corrected chi connectivity index (χ2v) is 7.64. The summed E-state index contributed by atoms with van der Waals surface area (Å²) >= 11 is 0. The summed E-state index contributed by atoms with van der Waals surface area (Å²) in [7, 11) is 0. The molecular weight excluding hydrogens is 278 g/mol. The van der Waals surface area contributed by atoms with Crippen LogP contribution in [-0.4, -0.2) is 6.04 Å². The quantitative estimate of drug-likeness (QED) is 0.241. The first-order chi connectivity index (χ1) is 11.3. The van der Waals surface area contributed by atoms with Crippen molar-refractivity contribution >= 4 is 0 Å². The molecule has 2 N–H and O–H groups in total. The van der Waals surface area contributed by atoms with Gasteiger partial charge in [-0.3, -0.25) is 0 Å². The van der Waals surface area contributed by atoms with Crippen LogP contribution >= 0.6 is 0 Å². The molecule has 0 aliphatic rings. The Hall–Kier alpha value is -0.0400. The van der Waals surface area contributed by atoms with Crippen LogP contribution < -0.4 is 5.73 Å². The van der Waals surface area contributed by atoms with Crippen molar-refractivity contribution in [2.24, 2.45) is 5.73 Å². The summed E-state index contributed by atoms with van der Waals surface area (Å²) in [5.74, 6) is 0. The molecule has 0 aromatic heterocycles. The number of nitrogens with two attached hydrogens (primary N) is 1. The van der Waals surface area contributed by atoms with Gasteiger partial charge in [-0.2, -0.15) is 0 Å². The van der Waals surface area contributed by atoms with E-state index in [4.69, 9.17) is 5.73 Å². The molecule has 0 saturated carbocycles. The molecule has 0 aliphatic heterocycles. The molecule has 0 aromatic carbocycles. The maximum absolute atomic E-state index is 6.23. The van der Waals surface area contributed by atoms with Gasteiger partial charge in [-0.05, 0) is 12.8 Å². The fourth-order valence-electron chi connectivity index (χ4n) is 3.40. The smallest absolute Gasteiger partial charge is 0.00388 e. The number of hydrogen-bond donors (Lipinski definition) is 1. The predicted octanol–water partition coefficient (Wildman–Crippen LogP) is 7.77. The molecule has 0 radical (unpaired) electrons. The fraction of sp³-hybridized carbons (Fsp3) is 1.00. The minimum absolute atomic E-state index is 0.472. The molecule has 23 heavy (non-hydrogen) atoms. The van der Waals surface area contributed by atoms with Crippen LogP contribution in [0, 0.1) is 0 Å². The zero-order valence-electron chi connectivity index (χ0n) is 16.6. The normalized spacial score (nSPS) is 12.7. The van der Waals surface area contributed by atoms with Gasteiger partial charge in [0.1, 0.15) is 0 Å². The van der Waals surface area contributed by atoms with E-state index in [1.54, 1.807) is 0 Å². The van der Waals surface area contributed by atoms with Crippen LogP contribution in [0.3, 0.4) is 0 Å². The Bertz CT molecular complexity index is 202. The van der Waals surface area contributed by atoms with Crippen molar-refractivity contribution in [2.75, 3.05) is 0 Å². The molecule has 0 amide bonds. The Kier molecular flexibility index (Phi) is 20.0. The molecule has 1 atom stereocenters. The second kappa shape index (κ2) is 20.0. The van der Waals surface area contributed by atoms with Crippen LogP contribution in [0.25, 0.3) is 0 Å². The second-order valence-electron chi connectivity index (χ2n) is 7.64. The lowest BCUT2D eigenvalue weighted by atomic mass is 10.0. The van der Waals surface area contributed by atoms with Crippen LogP contribution in [0.2, 0.25) is 0 Å². The minimum Gasteiger partial charge on any atom is -0.328 e. The Morgan fingerprint density at radius 2 is 0.696 bits per heavy atom. The summed E-state index contributed by atoms with van der Waals surface area (Å²) in [5.41, 5.74) is 6.23. The van der Waals surface area contributed by atoms with E-state index in [0.29, 0.717) is 6.04 Å². The lowest BCUT2D eigenvalue weighted by molar-refractivity contribution is 0.481. The summed E-state index contributed by atoms with van der Waals surface area (Å²) in [6.45, 7) is 4.57. The number of rotatable bonds is 19. The molecule has 1 heteroatoms. The highest BCUT2D eigenvalue weighted by Crippen LogP contribution is 2.14. The van der Waals surface area contributed by atoms with Crippen molar-refractivity contribution in [3.8, 4) is 0 Å². The Morgan fingerprint density at radius 1 is 0.435 bits per heavy atom. The van der Waals surface area contributed by atoms with Gasteiger partial charge in [0.15, 0.2) is 0 Å². The fourth-order valence-corrected chi connectivity index (χ4v) is 3.40. The van der Waals surface area contributed by atoms with Crippen molar-refractivity contribution in [3.63, 3.8) is 0 Å². The highest BCUT2D eigenvalue weighted by Gasteiger charge is 2.02. The first-order valence-corrected chi connectivity index (χ1v) is 11.1. The number of unbranched alkanes of at least 4 members (excludes halogenated alkanes) is 15. The Balaban J connectivity index is 3.10. The van der Waals surface area contributed by atoms with Crippen molar-refractivity contribution in [2.45, 2.75) is 142 Å². The van der Waals surface area contributed by atoms with Gasteiger partial charge in [-0.25, -0.2) is 0 Å². The molecule has 1 nitrogen and oxygen atoms in total. The molecule has 0 rings (SSSR count). The topological polar surface area (TPSA) is 26.0 Å². The zero-order chi connectivity index (χ0) is 17.0. The van der Waals surface area contributed by atoms with E-state index in [9.17, 15) is 0 Å². The minimum atomic E-state index is 0.472. The van der Waals surface area contributed by atoms with Gasteiger partial charge in [0, 0.05) is 6.04 Å². The molecule has 0 fully saturated rings. The third kappa shape index (κ3) is 19.9. The molecule has 0 spiro atoms. The molecule has 0 bridgehead atoms. The van der Waals surface area contributed by atoms with Crippen LogP contribution in [0.4, 0.5) is 0 Å². The van der Waals surface area contributed by atoms with Gasteiger partial charge >= 0.3 is 0 Å².